The Kier molecular flexibility index (Phi) is 5.44. The zero-order chi connectivity index (χ0) is 15.6. The highest BCUT2D eigenvalue weighted by Gasteiger charge is 2.26. The van der Waals surface area contributed by atoms with Gasteiger partial charge >= 0.3 is 0 Å². The second kappa shape index (κ2) is 6.93. The minimum Gasteiger partial charge on any atom is -0.352 e. The summed E-state index contributed by atoms with van der Waals surface area (Å²) >= 11 is 6.35. The first-order valence-electron chi connectivity index (χ1n) is 7.93. The number of nitrogens with zero attached hydrogens (tertiary/aromatic N) is 4. The largest absolute Gasteiger partial charge is 0.352 e. The number of anilines is 1. The number of hydrogen-bond donors (Lipinski definition) is 0. The molecule has 0 aromatic carbocycles. The van der Waals surface area contributed by atoms with Gasteiger partial charge in [0.05, 0.1) is 0 Å². The third kappa shape index (κ3) is 3.67. The first-order chi connectivity index (χ1) is 9.93. The van der Waals surface area contributed by atoms with Crippen molar-refractivity contribution in [3.05, 3.63) is 16.5 Å². The van der Waals surface area contributed by atoms with Crippen LogP contribution in [0.15, 0.2) is 0 Å². The van der Waals surface area contributed by atoms with E-state index >= 15 is 0 Å². The Bertz CT molecular complexity index is 489. The highest BCUT2D eigenvalue weighted by Crippen LogP contribution is 2.29. The molecule has 118 valence electrons. The van der Waals surface area contributed by atoms with Gasteiger partial charge in [0, 0.05) is 30.6 Å². The van der Waals surface area contributed by atoms with Crippen molar-refractivity contribution >= 4 is 17.4 Å². The summed E-state index contributed by atoms with van der Waals surface area (Å²) in [6, 6.07) is 0.488. The molecule has 0 radical (unpaired) electrons. The van der Waals surface area contributed by atoms with Crippen molar-refractivity contribution in [3.63, 3.8) is 0 Å². The van der Waals surface area contributed by atoms with Gasteiger partial charge in [0.15, 0.2) is 0 Å². The van der Waals surface area contributed by atoms with Crippen LogP contribution < -0.4 is 4.90 Å². The van der Waals surface area contributed by atoms with E-state index in [4.69, 9.17) is 16.6 Å². The van der Waals surface area contributed by atoms with Gasteiger partial charge in [-0.25, -0.2) is 9.97 Å². The predicted molar refractivity (Wildman–Crippen MR) is 89.4 cm³/mol. The lowest BCUT2D eigenvalue weighted by molar-refractivity contribution is 0.327. The molecule has 2 rings (SSSR count). The molecule has 5 heteroatoms. The number of aromatic nitrogens is 2. The minimum absolute atomic E-state index is 0.288. The number of halogens is 1. The molecule has 2 heterocycles. The number of hydrogen-bond acceptors (Lipinski definition) is 4. The Labute approximate surface area is 133 Å². The molecule has 0 aliphatic carbocycles. The van der Waals surface area contributed by atoms with Gasteiger partial charge in [0.2, 0.25) is 0 Å². The van der Waals surface area contributed by atoms with Crippen molar-refractivity contribution in [2.45, 2.75) is 52.5 Å². The summed E-state index contributed by atoms with van der Waals surface area (Å²) in [6.45, 7) is 11.8. The molecule has 0 N–H and O–H groups in total. The van der Waals surface area contributed by atoms with Crippen molar-refractivity contribution in [2.75, 3.05) is 31.6 Å². The monoisotopic (exact) mass is 310 g/mol. The van der Waals surface area contributed by atoms with Crippen LogP contribution in [-0.2, 0) is 0 Å². The van der Waals surface area contributed by atoms with E-state index in [1.807, 2.05) is 6.92 Å². The summed E-state index contributed by atoms with van der Waals surface area (Å²) in [5.74, 6) is 2.16. The molecule has 21 heavy (non-hydrogen) atoms. The SMILES string of the molecule is CCC1CN(C)CCCN1c1nc(C(C)C)nc(Cl)c1C. The van der Waals surface area contributed by atoms with Crippen LogP contribution in [0.25, 0.3) is 0 Å². The van der Waals surface area contributed by atoms with E-state index in [0.29, 0.717) is 11.2 Å². The molecule has 1 fully saturated rings. The fraction of sp³-hybridized carbons (Fsp3) is 0.750. The van der Waals surface area contributed by atoms with Gasteiger partial charge in [-0.15, -0.1) is 0 Å². The van der Waals surface area contributed by atoms with Gasteiger partial charge in [-0.05, 0) is 33.4 Å². The van der Waals surface area contributed by atoms with Gasteiger partial charge in [-0.2, -0.15) is 0 Å². The van der Waals surface area contributed by atoms with E-state index in [-0.39, 0.29) is 5.92 Å². The molecular weight excluding hydrogens is 284 g/mol. The molecule has 0 spiro atoms. The lowest BCUT2D eigenvalue weighted by Gasteiger charge is -2.32. The van der Waals surface area contributed by atoms with Crippen LogP contribution in [-0.4, -0.2) is 47.6 Å². The Hall–Kier alpha value is -0.870. The third-order valence-electron chi connectivity index (χ3n) is 4.24. The van der Waals surface area contributed by atoms with Crippen LogP contribution in [0.3, 0.4) is 0 Å². The fourth-order valence-electron chi connectivity index (χ4n) is 2.90. The summed E-state index contributed by atoms with van der Waals surface area (Å²) in [5, 5.41) is 0.594. The zero-order valence-electron chi connectivity index (χ0n) is 13.9. The Morgan fingerprint density at radius 2 is 2.00 bits per heavy atom. The van der Waals surface area contributed by atoms with Crippen molar-refractivity contribution < 1.29 is 0 Å². The topological polar surface area (TPSA) is 32.3 Å². The highest BCUT2D eigenvalue weighted by molar-refractivity contribution is 6.30. The first kappa shape index (κ1) is 16.5. The Morgan fingerprint density at radius 3 is 2.62 bits per heavy atom. The molecule has 0 amide bonds. The van der Waals surface area contributed by atoms with Crippen LogP contribution in [0.4, 0.5) is 5.82 Å². The van der Waals surface area contributed by atoms with E-state index in [2.05, 4.69) is 42.6 Å². The second-order valence-corrected chi connectivity index (χ2v) is 6.71. The van der Waals surface area contributed by atoms with E-state index in [0.717, 1.165) is 49.7 Å². The predicted octanol–water partition coefficient (Wildman–Crippen LogP) is 3.48. The second-order valence-electron chi connectivity index (χ2n) is 6.35. The van der Waals surface area contributed by atoms with Crippen LogP contribution in [0.1, 0.15) is 50.9 Å². The minimum atomic E-state index is 0.288. The average Bonchev–Trinajstić information content (AvgIpc) is 2.62. The van der Waals surface area contributed by atoms with Gasteiger partial charge < -0.3 is 9.80 Å². The first-order valence-corrected chi connectivity index (χ1v) is 8.31. The normalized spacial score (nSPS) is 20.9. The van der Waals surface area contributed by atoms with E-state index in [1.54, 1.807) is 0 Å². The van der Waals surface area contributed by atoms with Crippen LogP contribution in [0.5, 0.6) is 0 Å². The van der Waals surface area contributed by atoms with Gasteiger partial charge in [0.1, 0.15) is 16.8 Å². The van der Waals surface area contributed by atoms with Gasteiger partial charge in [-0.1, -0.05) is 32.4 Å². The molecule has 1 aliphatic heterocycles. The molecule has 0 saturated carbocycles. The van der Waals surface area contributed by atoms with Gasteiger partial charge in [0.25, 0.3) is 0 Å². The summed E-state index contributed by atoms with van der Waals surface area (Å²) in [5.41, 5.74) is 1.00. The molecule has 1 saturated heterocycles. The lowest BCUT2D eigenvalue weighted by Crippen LogP contribution is -2.41. The maximum atomic E-state index is 6.35. The number of rotatable bonds is 3. The maximum absolute atomic E-state index is 6.35. The molecule has 1 aliphatic rings. The average molecular weight is 311 g/mol. The van der Waals surface area contributed by atoms with Crippen molar-refractivity contribution in [3.8, 4) is 0 Å². The summed E-state index contributed by atoms with van der Waals surface area (Å²) in [6.07, 6.45) is 2.27. The van der Waals surface area contributed by atoms with Crippen LogP contribution >= 0.6 is 11.6 Å². The smallest absolute Gasteiger partial charge is 0.137 e. The molecule has 0 bridgehead atoms. The van der Waals surface area contributed by atoms with Crippen molar-refractivity contribution in [1.29, 1.82) is 0 Å². The summed E-state index contributed by atoms with van der Waals surface area (Å²) < 4.78 is 0. The summed E-state index contributed by atoms with van der Waals surface area (Å²) in [4.78, 5) is 14.1. The van der Waals surface area contributed by atoms with Crippen molar-refractivity contribution in [1.82, 2.24) is 14.9 Å². The molecular formula is C16H27ClN4. The van der Waals surface area contributed by atoms with Crippen LogP contribution in [0.2, 0.25) is 5.15 Å². The quantitative estimate of drug-likeness (QED) is 0.800. The standard InChI is InChI=1S/C16H27ClN4/c1-6-13-10-20(5)8-7-9-21(13)16-12(4)14(17)18-15(19-16)11(2)3/h11,13H,6-10H2,1-5H3. The Balaban J connectivity index is 2.42. The number of likely N-dealkylation sites (N-methyl/N-ethyl adjacent to an activating group) is 1. The fourth-order valence-corrected chi connectivity index (χ4v) is 3.07. The van der Waals surface area contributed by atoms with Crippen molar-refractivity contribution in [2.24, 2.45) is 0 Å². The van der Waals surface area contributed by atoms with E-state index < -0.39 is 0 Å². The molecule has 1 aromatic rings. The zero-order valence-corrected chi connectivity index (χ0v) is 14.6. The Morgan fingerprint density at radius 1 is 1.29 bits per heavy atom. The third-order valence-corrected chi connectivity index (χ3v) is 4.61. The summed E-state index contributed by atoms with van der Waals surface area (Å²) in [7, 11) is 2.20. The highest BCUT2D eigenvalue weighted by atomic mass is 35.5. The maximum Gasteiger partial charge on any atom is 0.137 e. The van der Waals surface area contributed by atoms with E-state index in [9.17, 15) is 0 Å². The molecule has 1 aromatic heterocycles. The molecule has 1 unspecified atom stereocenters. The van der Waals surface area contributed by atoms with Gasteiger partial charge in [-0.3, -0.25) is 0 Å². The molecule has 1 atom stereocenters. The lowest BCUT2D eigenvalue weighted by atomic mass is 10.1. The van der Waals surface area contributed by atoms with Crippen LogP contribution in [0, 0.1) is 6.92 Å². The molecule has 4 nitrogen and oxygen atoms in total. The van der Waals surface area contributed by atoms with E-state index in [1.165, 1.54) is 0 Å².